The van der Waals surface area contributed by atoms with E-state index in [1.54, 1.807) is 23.1 Å². The summed E-state index contributed by atoms with van der Waals surface area (Å²) in [6.45, 7) is 1.85. The summed E-state index contributed by atoms with van der Waals surface area (Å²) in [6.07, 6.45) is 3.32. The van der Waals surface area contributed by atoms with Crippen LogP contribution < -0.4 is 10.6 Å². The predicted octanol–water partition coefficient (Wildman–Crippen LogP) is 1.85. The van der Waals surface area contributed by atoms with Crippen LogP contribution in [0.3, 0.4) is 0 Å². The number of thioether (sulfide) groups is 1. The Balaban J connectivity index is 1.42. The number of anilines is 1. The van der Waals surface area contributed by atoms with Crippen LogP contribution in [0.15, 0.2) is 34.2 Å². The fourth-order valence-corrected chi connectivity index (χ4v) is 4.40. The first-order chi connectivity index (χ1) is 13.6. The third-order valence-corrected chi connectivity index (χ3v) is 6.00. The van der Waals surface area contributed by atoms with Crippen molar-refractivity contribution in [3.05, 3.63) is 40.3 Å². The van der Waals surface area contributed by atoms with Crippen molar-refractivity contribution in [1.29, 1.82) is 0 Å². The van der Waals surface area contributed by atoms with E-state index in [0.717, 1.165) is 24.9 Å². The summed E-state index contributed by atoms with van der Waals surface area (Å²) in [5, 5.41) is 6.98. The molecular weight excluding hydrogens is 380 g/mol. The van der Waals surface area contributed by atoms with Crippen molar-refractivity contribution in [1.82, 2.24) is 14.8 Å². The lowest BCUT2D eigenvalue weighted by Crippen LogP contribution is -2.25. The SMILES string of the molecule is O=C(CSc1n[nH]c(=O)n1C[C@H]1CCCO1)c1cccc(N2CCCC2=O)c1. The zero-order valence-electron chi connectivity index (χ0n) is 15.4. The Morgan fingerprint density at radius 2 is 2.21 bits per heavy atom. The normalized spacial score (nSPS) is 19.5. The highest BCUT2D eigenvalue weighted by atomic mass is 32.2. The Kier molecular flexibility index (Phi) is 5.63. The average molecular weight is 402 g/mol. The maximum atomic E-state index is 12.7. The molecule has 1 atom stereocenters. The second-order valence-electron chi connectivity index (χ2n) is 6.97. The molecule has 1 aromatic carbocycles. The molecule has 1 aromatic heterocycles. The van der Waals surface area contributed by atoms with E-state index in [-0.39, 0.29) is 29.2 Å². The van der Waals surface area contributed by atoms with E-state index in [4.69, 9.17) is 4.74 Å². The van der Waals surface area contributed by atoms with Crippen LogP contribution in [0.25, 0.3) is 0 Å². The average Bonchev–Trinajstić information content (AvgIpc) is 3.44. The van der Waals surface area contributed by atoms with E-state index < -0.39 is 0 Å². The van der Waals surface area contributed by atoms with Crippen LogP contribution in [-0.2, 0) is 16.1 Å². The molecule has 0 saturated carbocycles. The minimum absolute atomic E-state index is 0.0139. The predicted molar refractivity (Wildman–Crippen MR) is 105 cm³/mol. The first-order valence-corrected chi connectivity index (χ1v) is 10.4. The van der Waals surface area contributed by atoms with Crippen molar-refractivity contribution in [2.45, 2.75) is 43.5 Å². The lowest BCUT2D eigenvalue weighted by atomic mass is 10.1. The maximum Gasteiger partial charge on any atom is 0.344 e. The molecule has 0 bridgehead atoms. The van der Waals surface area contributed by atoms with Gasteiger partial charge in [0.05, 0.1) is 18.4 Å². The molecule has 3 heterocycles. The third-order valence-electron chi connectivity index (χ3n) is 5.02. The van der Waals surface area contributed by atoms with Crippen molar-refractivity contribution >= 4 is 29.1 Å². The van der Waals surface area contributed by atoms with Crippen LogP contribution >= 0.6 is 11.8 Å². The molecule has 2 fully saturated rings. The molecule has 8 nitrogen and oxygen atoms in total. The number of hydrogen-bond acceptors (Lipinski definition) is 6. The second-order valence-corrected chi connectivity index (χ2v) is 7.91. The Bertz CT molecular complexity index is 932. The van der Waals surface area contributed by atoms with Gasteiger partial charge in [0, 0.05) is 30.8 Å². The highest BCUT2D eigenvalue weighted by Crippen LogP contribution is 2.24. The zero-order chi connectivity index (χ0) is 19.5. The molecule has 2 aliphatic rings. The van der Waals surface area contributed by atoms with Gasteiger partial charge in [0.25, 0.3) is 0 Å². The molecule has 1 amide bonds. The number of carbonyl (C=O) groups is 2. The number of ether oxygens (including phenoxy) is 1. The third kappa shape index (κ3) is 4.05. The van der Waals surface area contributed by atoms with Gasteiger partial charge in [-0.05, 0) is 31.4 Å². The van der Waals surface area contributed by atoms with Gasteiger partial charge in [-0.1, -0.05) is 23.9 Å². The van der Waals surface area contributed by atoms with Gasteiger partial charge < -0.3 is 9.64 Å². The Labute approximate surface area is 166 Å². The molecule has 4 rings (SSSR count). The van der Waals surface area contributed by atoms with E-state index in [1.807, 2.05) is 6.07 Å². The van der Waals surface area contributed by atoms with Crippen LogP contribution in [0.1, 0.15) is 36.0 Å². The van der Waals surface area contributed by atoms with Crippen molar-refractivity contribution in [2.24, 2.45) is 0 Å². The fraction of sp³-hybridized carbons (Fsp3) is 0.474. The number of ketones is 1. The molecule has 2 aromatic rings. The number of aromatic amines is 1. The summed E-state index contributed by atoms with van der Waals surface area (Å²) in [5.74, 6) is 0.180. The number of nitrogens with zero attached hydrogens (tertiary/aromatic N) is 3. The maximum absolute atomic E-state index is 12.7. The first-order valence-electron chi connectivity index (χ1n) is 9.45. The molecule has 9 heteroatoms. The molecule has 2 aliphatic heterocycles. The molecule has 1 N–H and O–H groups in total. The van der Waals surface area contributed by atoms with E-state index in [2.05, 4.69) is 10.2 Å². The number of aromatic nitrogens is 3. The van der Waals surface area contributed by atoms with Crippen LogP contribution in [0.4, 0.5) is 5.69 Å². The number of nitrogens with one attached hydrogen (secondary N) is 1. The summed E-state index contributed by atoms with van der Waals surface area (Å²) >= 11 is 1.23. The highest BCUT2D eigenvalue weighted by molar-refractivity contribution is 7.99. The molecular formula is C19H22N4O4S. The monoisotopic (exact) mass is 402 g/mol. The summed E-state index contributed by atoms with van der Waals surface area (Å²) in [4.78, 5) is 38.3. The number of benzene rings is 1. The Morgan fingerprint density at radius 3 is 2.96 bits per heavy atom. The smallest absolute Gasteiger partial charge is 0.344 e. The van der Waals surface area contributed by atoms with Gasteiger partial charge in [-0.2, -0.15) is 0 Å². The summed E-state index contributed by atoms with van der Waals surface area (Å²) in [5.41, 5.74) is 1.02. The van der Waals surface area contributed by atoms with Gasteiger partial charge in [0.1, 0.15) is 0 Å². The van der Waals surface area contributed by atoms with E-state index in [0.29, 0.717) is 36.8 Å². The number of Topliss-reactive ketones (excluding diaryl/α,β-unsaturated/α-hetero) is 1. The Hall–Kier alpha value is -2.39. The van der Waals surface area contributed by atoms with Crippen LogP contribution in [0.2, 0.25) is 0 Å². The molecule has 28 heavy (non-hydrogen) atoms. The fourth-order valence-electron chi connectivity index (χ4n) is 3.55. The molecule has 0 radical (unpaired) electrons. The largest absolute Gasteiger partial charge is 0.376 e. The number of H-pyrrole nitrogens is 1. The van der Waals surface area contributed by atoms with E-state index >= 15 is 0 Å². The van der Waals surface area contributed by atoms with Crippen molar-refractivity contribution in [3.8, 4) is 0 Å². The summed E-state index contributed by atoms with van der Waals surface area (Å²) < 4.78 is 7.13. The molecule has 0 spiro atoms. The number of amides is 1. The number of rotatable bonds is 7. The van der Waals surface area contributed by atoms with Crippen molar-refractivity contribution in [2.75, 3.05) is 23.8 Å². The van der Waals surface area contributed by atoms with Gasteiger partial charge in [-0.25, -0.2) is 9.89 Å². The van der Waals surface area contributed by atoms with Crippen LogP contribution in [0, 0.1) is 0 Å². The molecule has 0 unspecified atom stereocenters. The van der Waals surface area contributed by atoms with Crippen LogP contribution in [0.5, 0.6) is 0 Å². The topological polar surface area (TPSA) is 97.3 Å². The lowest BCUT2D eigenvalue weighted by Gasteiger charge is -2.16. The van der Waals surface area contributed by atoms with Gasteiger partial charge in [0.15, 0.2) is 10.9 Å². The quantitative estimate of drug-likeness (QED) is 0.561. The van der Waals surface area contributed by atoms with Crippen molar-refractivity contribution < 1.29 is 14.3 Å². The van der Waals surface area contributed by atoms with Gasteiger partial charge in [-0.3, -0.25) is 14.2 Å². The van der Waals surface area contributed by atoms with E-state index in [9.17, 15) is 14.4 Å². The van der Waals surface area contributed by atoms with E-state index in [1.165, 1.54) is 16.3 Å². The van der Waals surface area contributed by atoms with Gasteiger partial charge >= 0.3 is 5.69 Å². The zero-order valence-corrected chi connectivity index (χ0v) is 16.2. The lowest BCUT2D eigenvalue weighted by molar-refractivity contribution is -0.117. The highest BCUT2D eigenvalue weighted by Gasteiger charge is 2.23. The minimum atomic E-state index is -0.292. The number of hydrogen-bond donors (Lipinski definition) is 1. The Morgan fingerprint density at radius 1 is 1.32 bits per heavy atom. The summed E-state index contributed by atoms with van der Waals surface area (Å²) in [7, 11) is 0. The van der Waals surface area contributed by atoms with Gasteiger partial charge in [0.2, 0.25) is 5.91 Å². The second kappa shape index (κ2) is 8.32. The summed E-state index contributed by atoms with van der Waals surface area (Å²) in [6, 6.07) is 7.15. The standard InChI is InChI=1S/C19H22N4O4S/c24-16(13-4-1-5-14(10-13)22-8-2-7-17(22)25)12-28-19-21-20-18(26)23(19)11-15-6-3-9-27-15/h1,4-5,10,15H,2-3,6-9,11-12H2,(H,20,26)/t15-/m1/s1. The first kappa shape index (κ1) is 18.9. The number of carbonyl (C=O) groups excluding carboxylic acids is 2. The van der Waals surface area contributed by atoms with Crippen LogP contribution in [-0.4, -0.2) is 51.5 Å². The van der Waals surface area contributed by atoms with Gasteiger partial charge in [-0.15, -0.1) is 5.10 Å². The molecule has 2 saturated heterocycles. The minimum Gasteiger partial charge on any atom is -0.376 e. The van der Waals surface area contributed by atoms with Crippen molar-refractivity contribution in [3.63, 3.8) is 0 Å². The molecule has 0 aliphatic carbocycles. The molecule has 148 valence electrons.